The molecule has 4 heteroatoms. The van der Waals surface area contributed by atoms with E-state index in [1.807, 2.05) is 0 Å². The van der Waals surface area contributed by atoms with Crippen molar-refractivity contribution >= 4 is 17.5 Å². The van der Waals surface area contributed by atoms with Crippen LogP contribution in [0.25, 0.3) is 0 Å². The maximum atomic E-state index is 13.4. The lowest BCUT2D eigenvalue weighted by molar-refractivity contribution is -0.120. The van der Waals surface area contributed by atoms with Gasteiger partial charge in [-0.25, -0.2) is 4.39 Å². The molecule has 2 nitrogen and oxygen atoms in total. The third kappa shape index (κ3) is 3.69. The Morgan fingerprint density at radius 2 is 2.00 bits per heavy atom. The van der Waals surface area contributed by atoms with Crippen molar-refractivity contribution in [3.05, 3.63) is 35.6 Å². The van der Waals surface area contributed by atoms with E-state index in [1.165, 1.54) is 18.9 Å². The van der Waals surface area contributed by atoms with Gasteiger partial charge in [-0.3, -0.25) is 4.79 Å². The fourth-order valence-electron chi connectivity index (χ4n) is 2.65. The molecule has 1 fully saturated rings. The first-order valence-electron chi connectivity index (χ1n) is 6.71. The largest absolute Gasteiger partial charge is 0.355 e. The predicted octanol–water partition coefficient (Wildman–Crippen LogP) is 3.28. The lowest BCUT2D eigenvalue weighted by Crippen LogP contribution is -2.37. The molecule has 1 aliphatic carbocycles. The number of benzene rings is 1. The van der Waals surface area contributed by atoms with Crippen LogP contribution in [0.15, 0.2) is 24.3 Å². The topological polar surface area (TPSA) is 29.1 Å². The van der Waals surface area contributed by atoms with Crippen LogP contribution in [0.5, 0.6) is 0 Å². The zero-order chi connectivity index (χ0) is 13.7. The molecule has 1 aromatic carbocycles. The quantitative estimate of drug-likeness (QED) is 0.826. The molecule has 104 valence electrons. The minimum atomic E-state index is -0.328. The van der Waals surface area contributed by atoms with Gasteiger partial charge in [-0.1, -0.05) is 31.0 Å². The number of carbonyl (C=O) groups excluding carboxylic acids is 1. The lowest BCUT2D eigenvalue weighted by Gasteiger charge is -2.26. The molecule has 0 spiro atoms. The van der Waals surface area contributed by atoms with Crippen LogP contribution < -0.4 is 5.32 Å². The van der Waals surface area contributed by atoms with Crippen molar-refractivity contribution in [1.82, 2.24) is 5.32 Å². The summed E-state index contributed by atoms with van der Waals surface area (Å²) in [5.41, 5.74) is 0.484. The number of hydrogen-bond acceptors (Lipinski definition) is 1. The van der Waals surface area contributed by atoms with Gasteiger partial charge < -0.3 is 5.32 Å². The van der Waals surface area contributed by atoms with Crippen molar-refractivity contribution in [3.63, 3.8) is 0 Å². The molecular weight excluding hydrogens is 265 g/mol. The van der Waals surface area contributed by atoms with Gasteiger partial charge in [0.25, 0.3) is 0 Å². The highest BCUT2D eigenvalue weighted by Gasteiger charge is 2.33. The van der Waals surface area contributed by atoms with Crippen LogP contribution in [0.2, 0.25) is 0 Å². The first-order valence-corrected chi connectivity index (χ1v) is 7.25. The van der Waals surface area contributed by atoms with Crippen molar-refractivity contribution in [3.8, 4) is 0 Å². The molecule has 0 aromatic heterocycles. The molecule has 0 radical (unpaired) electrons. The lowest BCUT2D eigenvalue weighted by atomic mass is 9.88. The summed E-state index contributed by atoms with van der Waals surface area (Å²) in [5, 5.41) is 2.90. The highest BCUT2D eigenvalue weighted by molar-refractivity contribution is 6.18. The van der Waals surface area contributed by atoms with Crippen molar-refractivity contribution in [1.29, 1.82) is 0 Å². The van der Waals surface area contributed by atoms with Gasteiger partial charge in [-0.2, -0.15) is 0 Å². The van der Waals surface area contributed by atoms with Gasteiger partial charge >= 0.3 is 0 Å². The van der Waals surface area contributed by atoms with Crippen LogP contribution in [0.3, 0.4) is 0 Å². The van der Waals surface area contributed by atoms with Gasteiger partial charge in [0.2, 0.25) is 5.91 Å². The average molecular weight is 284 g/mol. The van der Waals surface area contributed by atoms with Crippen LogP contribution >= 0.6 is 11.6 Å². The summed E-state index contributed by atoms with van der Waals surface area (Å²) in [6.45, 7) is 0.601. The zero-order valence-corrected chi connectivity index (χ0v) is 11.7. The highest BCUT2D eigenvalue weighted by Crippen LogP contribution is 2.38. The molecule has 1 aliphatic rings. The van der Waals surface area contributed by atoms with E-state index in [1.54, 1.807) is 18.2 Å². The molecule has 0 atom stereocenters. The van der Waals surface area contributed by atoms with Crippen LogP contribution in [0.4, 0.5) is 4.39 Å². The number of halogens is 2. The summed E-state index contributed by atoms with van der Waals surface area (Å²) in [4.78, 5) is 11.9. The second-order valence-electron chi connectivity index (χ2n) is 5.39. The van der Waals surface area contributed by atoms with Crippen LogP contribution in [0, 0.1) is 11.2 Å². The Hall–Kier alpha value is -1.09. The number of carbonyl (C=O) groups is 1. The first kappa shape index (κ1) is 14.3. The van der Waals surface area contributed by atoms with Crippen LogP contribution in [0.1, 0.15) is 31.2 Å². The maximum Gasteiger partial charge on any atom is 0.224 e. The molecule has 1 amide bonds. The third-order valence-electron chi connectivity index (χ3n) is 3.92. The highest BCUT2D eigenvalue weighted by atomic mass is 35.5. The number of hydrogen-bond donors (Lipinski definition) is 1. The van der Waals surface area contributed by atoms with Crippen molar-refractivity contribution in [2.24, 2.45) is 5.41 Å². The van der Waals surface area contributed by atoms with Gasteiger partial charge in [-0.05, 0) is 24.5 Å². The minimum absolute atomic E-state index is 0.0481. The predicted molar refractivity (Wildman–Crippen MR) is 74.7 cm³/mol. The van der Waals surface area contributed by atoms with Crippen LogP contribution in [-0.4, -0.2) is 18.3 Å². The number of amides is 1. The molecule has 0 bridgehead atoms. The summed E-state index contributed by atoms with van der Waals surface area (Å²) in [6.07, 6.45) is 4.57. The molecular formula is C15H19ClFNO. The number of alkyl halides is 1. The summed E-state index contributed by atoms with van der Waals surface area (Å²) >= 11 is 6.02. The van der Waals surface area contributed by atoms with E-state index in [9.17, 15) is 9.18 Å². The van der Waals surface area contributed by atoms with E-state index < -0.39 is 0 Å². The van der Waals surface area contributed by atoms with E-state index in [2.05, 4.69) is 5.32 Å². The molecule has 0 unspecified atom stereocenters. The van der Waals surface area contributed by atoms with Gasteiger partial charge in [0, 0.05) is 17.8 Å². The van der Waals surface area contributed by atoms with E-state index in [0.717, 1.165) is 12.8 Å². The zero-order valence-electron chi connectivity index (χ0n) is 10.9. The molecule has 0 heterocycles. The molecule has 0 saturated heterocycles. The van der Waals surface area contributed by atoms with E-state index >= 15 is 0 Å². The van der Waals surface area contributed by atoms with Gasteiger partial charge in [0.1, 0.15) is 5.82 Å². The Labute approximate surface area is 118 Å². The third-order valence-corrected chi connectivity index (χ3v) is 4.48. The Balaban J connectivity index is 1.86. The van der Waals surface area contributed by atoms with E-state index in [4.69, 9.17) is 11.6 Å². The number of rotatable bonds is 5. The van der Waals surface area contributed by atoms with Gasteiger partial charge in [0.15, 0.2) is 0 Å². The SMILES string of the molecule is O=C(Cc1ccccc1F)NCC1(CCl)CCCC1. The Morgan fingerprint density at radius 3 is 2.63 bits per heavy atom. The molecule has 2 rings (SSSR count). The smallest absolute Gasteiger partial charge is 0.224 e. The summed E-state index contributed by atoms with van der Waals surface area (Å²) in [6, 6.07) is 6.38. The molecule has 0 aliphatic heterocycles. The second kappa shape index (κ2) is 6.38. The monoisotopic (exact) mass is 283 g/mol. The fraction of sp³-hybridized carbons (Fsp3) is 0.533. The minimum Gasteiger partial charge on any atom is -0.355 e. The molecule has 1 saturated carbocycles. The van der Waals surface area contributed by atoms with Crippen molar-refractivity contribution in [2.45, 2.75) is 32.1 Å². The average Bonchev–Trinajstić information content (AvgIpc) is 2.89. The van der Waals surface area contributed by atoms with Gasteiger partial charge in [0.05, 0.1) is 6.42 Å². The maximum absolute atomic E-state index is 13.4. The normalized spacial score (nSPS) is 17.4. The summed E-state index contributed by atoms with van der Waals surface area (Å²) in [7, 11) is 0. The van der Waals surface area contributed by atoms with Crippen LogP contribution in [-0.2, 0) is 11.2 Å². The number of nitrogens with one attached hydrogen (secondary N) is 1. The van der Waals surface area contributed by atoms with Crippen molar-refractivity contribution in [2.75, 3.05) is 12.4 Å². The first-order chi connectivity index (χ1) is 9.15. The standard InChI is InChI=1S/C15H19ClFNO/c16-10-15(7-3-4-8-15)11-18-14(19)9-12-5-1-2-6-13(12)17/h1-2,5-6H,3-4,7-11H2,(H,18,19). The Bertz CT molecular complexity index is 444. The van der Waals surface area contributed by atoms with Gasteiger partial charge in [-0.15, -0.1) is 11.6 Å². The fourth-order valence-corrected chi connectivity index (χ4v) is 3.01. The molecule has 19 heavy (non-hydrogen) atoms. The van der Waals surface area contributed by atoms with Crippen molar-refractivity contribution < 1.29 is 9.18 Å². The second-order valence-corrected chi connectivity index (χ2v) is 5.65. The Kier molecular flexibility index (Phi) is 4.81. The molecule has 1 N–H and O–H groups in total. The Morgan fingerprint density at radius 1 is 1.32 bits per heavy atom. The van der Waals surface area contributed by atoms with E-state index in [-0.39, 0.29) is 23.6 Å². The molecule has 1 aromatic rings. The summed E-state index contributed by atoms with van der Waals surface area (Å²) < 4.78 is 13.4. The van der Waals surface area contributed by atoms with E-state index in [0.29, 0.717) is 18.0 Å². The summed E-state index contributed by atoms with van der Waals surface area (Å²) in [5.74, 6) is 0.111.